The Kier molecular flexibility index (Phi) is 4.56. The van der Waals surface area contributed by atoms with Crippen LogP contribution in [-0.4, -0.2) is 32.6 Å². The van der Waals surface area contributed by atoms with Crippen LogP contribution in [0, 0.1) is 0 Å². The van der Waals surface area contributed by atoms with Crippen LogP contribution in [0.1, 0.15) is 23.7 Å². The van der Waals surface area contributed by atoms with E-state index in [9.17, 15) is 9.90 Å². The Bertz CT molecular complexity index is 843. The molecule has 0 fully saturated rings. The quantitative estimate of drug-likeness (QED) is 0.757. The topological polar surface area (TPSA) is 80.0 Å². The predicted molar refractivity (Wildman–Crippen MR) is 91.1 cm³/mol. The summed E-state index contributed by atoms with van der Waals surface area (Å²) in [6.07, 6.45) is 2.62. The first-order valence-corrected chi connectivity index (χ1v) is 7.78. The van der Waals surface area contributed by atoms with E-state index in [0.717, 1.165) is 17.7 Å². The lowest BCUT2D eigenvalue weighted by Gasteiger charge is -2.07. The fraction of sp³-hybridized carbons (Fsp3) is 0.167. The van der Waals surface area contributed by atoms with Crippen LogP contribution in [0.15, 0.2) is 54.7 Å². The van der Waals surface area contributed by atoms with Gasteiger partial charge in [-0.25, -0.2) is 4.68 Å². The van der Waals surface area contributed by atoms with Crippen molar-refractivity contribution in [1.82, 2.24) is 20.3 Å². The molecule has 1 heterocycles. The lowest BCUT2D eigenvalue weighted by Crippen LogP contribution is -2.24. The zero-order chi connectivity index (χ0) is 16.9. The van der Waals surface area contributed by atoms with Crippen LogP contribution < -0.4 is 5.32 Å². The number of hydrogen-bond acceptors (Lipinski definition) is 4. The molecule has 0 atom stereocenters. The number of benzene rings is 2. The largest absolute Gasteiger partial charge is 0.507 e. The normalized spacial score (nSPS) is 10.5. The number of phenols is 1. The zero-order valence-electron chi connectivity index (χ0n) is 13.3. The summed E-state index contributed by atoms with van der Waals surface area (Å²) in [6.45, 7) is 2.54. The number of amides is 1. The first-order valence-electron chi connectivity index (χ1n) is 7.78. The van der Waals surface area contributed by atoms with E-state index in [1.54, 1.807) is 23.0 Å². The summed E-state index contributed by atoms with van der Waals surface area (Å²) in [6, 6.07) is 14.5. The van der Waals surface area contributed by atoms with Gasteiger partial charge in [-0.2, -0.15) is 0 Å². The molecule has 0 aliphatic rings. The molecule has 6 nitrogen and oxygen atoms in total. The molecule has 0 unspecified atom stereocenters. The standard InChI is InChI=1S/C18H18N4O2/c1-2-10-19-18(24)15-9-8-14(11-17(15)23)22-12-16(20-21-22)13-6-4-3-5-7-13/h3-9,11-12,23H,2,10H2,1H3,(H,19,24). The van der Waals surface area contributed by atoms with Gasteiger partial charge in [-0.05, 0) is 18.6 Å². The van der Waals surface area contributed by atoms with Crippen molar-refractivity contribution in [3.05, 3.63) is 60.3 Å². The van der Waals surface area contributed by atoms with Gasteiger partial charge in [-0.1, -0.05) is 42.5 Å². The van der Waals surface area contributed by atoms with E-state index in [1.165, 1.54) is 6.07 Å². The van der Waals surface area contributed by atoms with Gasteiger partial charge in [0.2, 0.25) is 0 Å². The van der Waals surface area contributed by atoms with Crippen molar-refractivity contribution >= 4 is 5.91 Å². The number of carbonyl (C=O) groups is 1. The molecule has 0 spiro atoms. The minimum atomic E-state index is -0.288. The Morgan fingerprint density at radius 3 is 2.71 bits per heavy atom. The molecule has 122 valence electrons. The number of aromatic nitrogens is 3. The molecule has 3 aromatic rings. The number of phenolic OH excluding ortho intramolecular Hbond substituents is 1. The third-order valence-electron chi connectivity index (χ3n) is 3.59. The van der Waals surface area contributed by atoms with Gasteiger partial charge >= 0.3 is 0 Å². The van der Waals surface area contributed by atoms with Gasteiger partial charge in [0, 0.05) is 18.2 Å². The van der Waals surface area contributed by atoms with Crippen LogP contribution in [0.2, 0.25) is 0 Å². The van der Waals surface area contributed by atoms with Gasteiger partial charge in [0.05, 0.1) is 17.4 Å². The van der Waals surface area contributed by atoms with Crippen molar-refractivity contribution in [2.45, 2.75) is 13.3 Å². The molecule has 6 heteroatoms. The van der Waals surface area contributed by atoms with Crippen LogP contribution in [0.5, 0.6) is 5.75 Å². The Morgan fingerprint density at radius 2 is 2.00 bits per heavy atom. The molecule has 0 radical (unpaired) electrons. The van der Waals surface area contributed by atoms with E-state index in [2.05, 4.69) is 15.6 Å². The predicted octanol–water partition coefficient (Wildman–Crippen LogP) is 2.78. The molecular formula is C18H18N4O2. The average molecular weight is 322 g/mol. The molecular weight excluding hydrogens is 304 g/mol. The first-order chi connectivity index (χ1) is 11.7. The fourth-order valence-corrected chi connectivity index (χ4v) is 2.32. The first kappa shape index (κ1) is 15.7. The highest BCUT2D eigenvalue weighted by Gasteiger charge is 2.12. The molecule has 0 saturated carbocycles. The second-order valence-electron chi connectivity index (χ2n) is 5.37. The number of carbonyl (C=O) groups excluding carboxylic acids is 1. The second-order valence-corrected chi connectivity index (χ2v) is 5.37. The monoisotopic (exact) mass is 322 g/mol. The van der Waals surface area contributed by atoms with Gasteiger partial charge in [-0.3, -0.25) is 4.79 Å². The van der Waals surface area contributed by atoms with E-state index in [0.29, 0.717) is 12.2 Å². The van der Waals surface area contributed by atoms with E-state index >= 15 is 0 Å². The summed E-state index contributed by atoms with van der Waals surface area (Å²) < 4.78 is 1.57. The fourth-order valence-electron chi connectivity index (χ4n) is 2.32. The zero-order valence-corrected chi connectivity index (χ0v) is 13.3. The minimum Gasteiger partial charge on any atom is -0.507 e. The lowest BCUT2D eigenvalue weighted by atomic mass is 10.1. The summed E-state index contributed by atoms with van der Waals surface area (Å²) in [5.74, 6) is -0.373. The van der Waals surface area contributed by atoms with Crippen LogP contribution in [-0.2, 0) is 0 Å². The Hall–Kier alpha value is -3.15. The van der Waals surface area contributed by atoms with E-state index in [1.807, 2.05) is 37.3 Å². The molecule has 2 N–H and O–H groups in total. The van der Waals surface area contributed by atoms with E-state index in [4.69, 9.17) is 0 Å². The Morgan fingerprint density at radius 1 is 1.21 bits per heavy atom. The van der Waals surface area contributed by atoms with E-state index in [-0.39, 0.29) is 17.2 Å². The summed E-state index contributed by atoms with van der Waals surface area (Å²) in [5, 5.41) is 21.1. The van der Waals surface area contributed by atoms with Gasteiger partial charge in [0.15, 0.2) is 0 Å². The molecule has 2 aromatic carbocycles. The van der Waals surface area contributed by atoms with Crippen LogP contribution in [0.25, 0.3) is 16.9 Å². The van der Waals surface area contributed by atoms with Crippen molar-refractivity contribution in [3.63, 3.8) is 0 Å². The Labute approximate surface area is 139 Å². The number of hydrogen-bond donors (Lipinski definition) is 2. The molecule has 0 saturated heterocycles. The maximum Gasteiger partial charge on any atom is 0.255 e. The highest BCUT2D eigenvalue weighted by molar-refractivity contribution is 5.97. The maximum absolute atomic E-state index is 12.0. The highest BCUT2D eigenvalue weighted by Crippen LogP contribution is 2.22. The SMILES string of the molecule is CCCNC(=O)c1ccc(-n2cc(-c3ccccc3)nn2)cc1O. The maximum atomic E-state index is 12.0. The number of nitrogens with one attached hydrogen (secondary N) is 1. The lowest BCUT2D eigenvalue weighted by molar-refractivity contribution is 0.0951. The van der Waals surface area contributed by atoms with Crippen molar-refractivity contribution in [2.24, 2.45) is 0 Å². The van der Waals surface area contributed by atoms with Crippen molar-refractivity contribution in [1.29, 1.82) is 0 Å². The smallest absolute Gasteiger partial charge is 0.255 e. The number of nitrogens with zero attached hydrogens (tertiary/aromatic N) is 3. The van der Waals surface area contributed by atoms with Crippen LogP contribution in [0.4, 0.5) is 0 Å². The van der Waals surface area contributed by atoms with Gasteiger partial charge in [0.1, 0.15) is 11.4 Å². The molecule has 0 bridgehead atoms. The molecule has 24 heavy (non-hydrogen) atoms. The van der Waals surface area contributed by atoms with Crippen molar-refractivity contribution < 1.29 is 9.90 Å². The second kappa shape index (κ2) is 6.95. The van der Waals surface area contributed by atoms with Gasteiger partial charge in [0.25, 0.3) is 5.91 Å². The molecule has 0 aliphatic heterocycles. The third-order valence-corrected chi connectivity index (χ3v) is 3.59. The van der Waals surface area contributed by atoms with Crippen LogP contribution >= 0.6 is 0 Å². The highest BCUT2D eigenvalue weighted by atomic mass is 16.3. The average Bonchev–Trinajstić information content (AvgIpc) is 3.10. The molecule has 0 aliphatic carbocycles. The minimum absolute atomic E-state index is 0.0853. The van der Waals surface area contributed by atoms with Crippen LogP contribution in [0.3, 0.4) is 0 Å². The Balaban J connectivity index is 1.85. The molecule has 1 amide bonds. The van der Waals surface area contributed by atoms with Crippen molar-refractivity contribution in [2.75, 3.05) is 6.54 Å². The van der Waals surface area contributed by atoms with Gasteiger partial charge < -0.3 is 10.4 Å². The summed E-state index contributed by atoms with van der Waals surface area (Å²) in [5.41, 5.74) is 2.58. The number of rotatable bonds is 5. The molecule has 1 aromatic heterocycles. The number of aromatic hydroxyl groups is 1. The van der Waals surface area contributed by atoms with Crippen molar-refractivity contribution in [3.8, 4) is 22.7 Å². The van der Waals surface area contributed by atoms with E-state index < -0.39 is 0 Å². The summed E-state index contributed by atoms with van der Waals surface area (Å²) in [4.78, 5) is 12.0. The summed E-state index contributed by atoms with van der Waals surface area (Å²) >= 11 is 0. The van der Waals surface area contributed by atoms with Gasteiger partial charge in [-0.15, -0.1) is 5.10 Å². The third kappa shape index (κ3) is 3.27. The summed E-state index contributed by atoms with van der Waals surface area (Å²) in [7, 11) is 0. The molecule has 3 rings (SSSR count).